The second kappa shape index (κ2) is 8.99. The summed E-state index contributed by atoms with van der Waals surface area (Å²) in [5.41, 5.74) is 0.950. The van der Waals surface area contributed by atoms with Crippen molar-refractivity contribution < 1.29 is 14.0 Å². The monoisotopic (exact) mass is 459 g/mol. The summed E-state index contributed by atoms with van der Waals surface area (Å²) in [4.78, 5) is 38.4. The van der Waals surface area contributed by atoms with E-state index in [4.69, 9.17) is 11.6 Å². The Morgan fingerprint density at radius 3 is 2.52 bits per heavy atom. The van der Waals surface area contributed by atoms with Crippen LogP contribution >= 0.6 is 22.9 Å². The zero-order valence-electron chi connectivity index (χ0n) is 16.6. The van der Waals surface area contributed by atoms with Crippen molar-refractivity contribution in [1.82, 2.24) is 14.9 Å². The number of hydrogen-bond donors (Lipinski definition) is 1. The minimum Gasteiger partial charge on any atom is -0.337 e. The molecule has 31 heavy (non-hydrogen) atoms. The van der Waals surface area contributed by atoms with Crippen molar-refractivity contribution in [1.29, 1.82) is 0 Å². The summed E-state index contributed by atoms with van der Waals surface area (Å²) < 4.78 is 13.2. The fraction of sp³-hybridized carbons (Fsp3) is 0.238. The number of aromatic nitrogens is 2. The van der Waals surface area contributed by atoms with Gasteiger partial charge < -0.3 is 15.1 Å². The van der Waals surface area contributed by atoms with E-state index in [1.54, 1.807) is 29.4 Å². The summed E-state index contributed by atoms with van der Waals surface area (Å²) in [5.74, 6) is -0.384. The molecule has 7 nitrogen and oxygen atoms in total. The maximum atomic E-state index is 13.2. The molecule has 1 saturated heterocycles. The molecule has 1 aliphatic rings. The lowest BCUT2D eigenvalue weighted by Gasteiger charge is -2.34. The maximum Gasteiger partial charge on any atom is 0.264 e. The van der Waals surface area contributed by atoms with Gasteiger partial charge >= 0.3 is 0 Å². The molecule has 0 unspecified atom stereocenters. The Morgan fingerprint density at radius 1 is 1.13 bits per heavy atom. The summed E-state index contributed by atoms with van der Waals surface area (Å²) in [7, 11) is 0. The van der Waals surface area contributed by atoms with Gasteiger partial charge in [0, 0.05) is 38.6 Å². The summed E-state index contributed by atoms with van der Waals surface area (Å²) in [6.45, 7) is 4.24. The third-order valence-electron chi connectivity index (χ3n) is 4.93. The van der Waals surface area contributed by atoms with Crippen molar-refractivity contribution in [3.8, 4) is 0 Å². The van der Waals surface area contributed by atoms with Gasteiger partial charge in [-0.15, -0.1) is 11.3 Å². The van der Waals surface area contributed by atoms with Crippen molar-refractivity contribution in [3.05, 3.63) is 69.6 Å². The molecule has 0 bridgehead atoms. The van der Waals surface area contributed by atoms with Crippen molar-refractivity contribution in [3.63, 3.8) is 0 Å². The first-order valence-corrected chi connectivity index (χ1v) is 10.8. The van der Waals surface area contributed by atoms with Gasteiger partial charge in [0.25, 0.3) is 11.8 Å². The van der Waals surface area contributed by atoms with E-state index in [1.807, 2.05) is 11.8 Å². The molecule has 3 aromatic rings. The van der Waals surface area contributed by atoms with Crippen LogP contribution in [0.4, 0.5) is 15.3 Å². The van der Waals surface area contributed by atoms with E-state index in [9.17, 15) is 14.0 Å². The van der Waals surface area contributed by atoms with Gasteiger partial charge in [-0.05, 0) is 42.8 Å². The summed E-state index contributed by atoms with van der Waals surface area (Å²) in [5, 5.41) is 3.30. The van der Waals surface area contributed by atoms with E-state index in [1.165, 1.54) is 23.5 Å². The topological polar surface area (TPSA) is 78.4 Å². The Bertz CT molecular complexity index is 1120. The van der Waals surface area contributed by atoms with Crippen molar-refractivity contribution in [2.24, 2.45) is 0 Å². The number of amides is 2. The van der Waals surface area contributed by atoms with E-state index in [0.717, 1.165) is 11.6 Å². The van der Waals surface area contributed by atoms with Crippen molar-refractivity contribution in [2.75, 3.05) is 36.4 Å². The molecule has 3 heterocycles. The number of nitrogens with zero attached hydrogens (tertiary/aromatic N) is 4. The molecule has 1 aromatic carbocycles. The average molecular weight is 460 g/mol. The molecule has 0 spiro atoms. The van der Waals surface area contributed by atoms with E-state index in [2.05, 4.69) is 15.3 Å². The molecular weight excluding hydrogens is 441 g/mol. The molecule has 2 amide bonds. The Morgan fingerprint density at radius 2 is 1.84 bits per heavy atom. The number of anilines is 2. The zero-order chi connectivity index (χ0) is 22.0. The largest absolute Gasteiger partial charge is 0.337 e. The highest BCUT2D eigenvalue weighted by Crippen LogP contribution is 2.29. The molecule has 0 atom stereocenters. The number of hydrogen-bond acceptors (Lipinski definition) is 6. The first-order valence-electron chi connectivity index (χ1n) is 9.60. The van der Waals surface area contributed by atoms with Crippen LogP contribution in [0.25, 0.3) is 0 Å². The fourth-order valence-electron chi connectivity index (χ4n) is 3.32. The van der Waals surface area contributed by atoms with Gasteiger partial charge in [-0.3, -0.25) is 9.59 Å². The van der Waals surface area contributed by atoms with Gasteiger partial charge in [0.1, 0.15) is 5.82 Å². The van der Waals surface area contributed by atoms with Gasteiger partial charge in [-0.1, -0.05) is 11.6 Å². The van der Waals surface area contributed by atoms with Crippen LogP contribution in [0.3, 0.4) is 0 Å². The van der Waals surface area contributed by atoms with Crippen LogP contribution in [0, 0.1) is 12.7 Å². The minimum atomic E-state index is -0.514. The van der Waals surface area contributed by atoms with Crippen LogP contribution in [0.15, 0.2) is 42.7 Å². The van der Waals surface area contributed by atoms with Gasteiger partial charge in [0.15, 0.2) is 0 Å². The molecule has 2 aromatic heterocycles. The molecular formula is C21H19ClFN5O2S. The molecule has 1 N–H and O–H groups in total. The van der Waals surface area contributed by atoms with Crippen LogP contribution in [0.2, 0.25) is 5.02 Å². The van der Waals surface area contributed by atoms with Gasteiger partial charge in [0.05, 0.1) is 20.5 Å². The summed E-state index contributed by atoms with van der Waals surface area (Å²) in [6, 6.07) is 7.11. The van der Waals surface area contributed by atoms with E-state index in [-0.39, 0.29) is 16.5 Å². The molecule has 0 saturated carbocycles. The molecule has 160 valence electrons. The predicted octanol–water partition coefficient (Wildman–Crippen LogP) is 3.85. The highest BCUT2D eigenvalue weighted by molar-refractivity contribution is 7.18. The van der Waals surface area contributed by atoms with Crippen LogP contribution in [0.5, 0.6) is 0 Å². The van der Waals surface area contributed by atoms with E-state index >= 15 is 0 Å². The molecule has 0 radical (unpaired) electrons. The second-order valence-corrected chi connectivity index (χ2v) is 8.49. The minimum absolute atomic E-state index is 0.0299. The number of carbonyl (C=O) groups is 2. The van der Waals surface area contributed by atoms with Gasteiger partial charge in [-0.2, -0.15) is 0 Å². The molecule has 10 heteroatoms. The number of rotatable bonds is 4. The van der Waals surface area contributed by atoms with E-state index in [0.29, 0.717) is 42.0 Å². The highest BCUT2D eigenvalue weighted by Gasteiger charge is 2.26. The summed E-state index contributed by atoms with van der Waals surface area (Å²) in [6.07, 6.45) is 3.40. The van der Waals surface area contributed by atoms with Crippen molar-refractivity contribution in [2.45, 2.75) is 6.92 Å². The lowest BCUT2D eigenvalue weighted by molar-refractivity contribution is 0.0750. The third-order valence-corrected chi connectivity index (χ3v) is 6.38. The van der Waals surface area contributed by atoms with Crippen LogP contribution in [-0.4, -0.2) is 52.9 Å². The molecule has 4 rings (SSSR count). The van der Waals surface area contributed by atoms with Gasteiger partial charge in [0.2, 0.25) is 5.95 Å². The highest BCUT2D eigenvalue weighted by atomic mass is 35.5. The zero-order valence-corrected chi connectivity index (χ0v) is 18.2. The lowest BCUT2D eigenvalue weighted by atomic mass is 10.2. The first kappa shape index (κ1) is 21.2. The SMILES string of the molecule is Cc1cc(NC(=O)c2ccc(F)cc2Cl)sc1C(=O)N1CCN(c2ncccn2)CC1. The smallest absolute Gasteiger partial charge is 0.264 e. The fourth-order valence-corrected chi connectivity index (χ4v) is 4.61. The number of aryl methyl sites for hydroxylation is 1. The summed E-state index contributed by atoms with van der Waals surface area (Å²) >= 11 is 7.18. The molecule has 0 aliphatic carbocycles. The Hall–Kier alpha value is -3.04. The second-order valence-electron chi connectivity index (χ2n) is 7.03. The van der Waals surface area contributed by atoms with Gasteiger partial charge in [-0.25, -0.2) is 14.4 Å². The van der Waals surface area contributed by atoms with Crippen LogP contribution in [-0.2, 0) is 0 Å². The Labute approximate surface area is 187 Å². The Kier molecular flexibility index (Phi) is 6.15. The van der Waals surface area contributed by atoms with Crippen LogP contribution < -0.4 is 10.2 Å². The number of carbonyl (C=O) groups excluding carboxylic acids is 2. The molecule has 1 fully saturated rings. The average Bonchev–Trinajstić information content (AvgIpc) is 3.13. The van der Waals surface area contributed by atoms with E-state index < -0.39 is 11.7 Å². The standard InChI is InChI=1S/C21H19ClFN5O2S/c1-13-11-17(26-19(29)15-4-3-14(23)12-16(15)22)31-18(13)20(30)27-7-9-28(10-8-27)21-24-5-2-6-25-21/h2-6,11-12H,7-10H2,1H3,(H,26,29). The van der Waals surface area contributed by atoms with Crippen molar-refractivity contribution >= 4 is 45.7 Å². The quantitative estimate of drug-likeness (QED) is 0.641. The first-order chi connectivity index (χ1) is 14.9. The number of thiophene rings is 1. The predicted molar refractivity (Wildman–Crippen MR) is 119 cm³/mol. The lowest BCUT2D eigenvalue weighted by Crippen LogP contribution is -2.49. The number of piperazine rings is 1. The van der Waals surface area contributed by atoms with Crippen LogP contribution in [0.1, 0.15) is 25.6 Å². The third kappa shape index (κ3) is 4.67. The normalized spacial score (nSPS) is 13.9. The molecule has 1 aliphatic heterocycles. The number of nitrogens with one attached hydrogen (secondary N) is 1. The maximum absolute atomic E-state index is 13.2. The number of benzene rings is 1. The Balaban J connectivity index is 1.41. The number of halogens is 2.